The lowest BCUT2D eigenvalue weighted by Gasteiger charge is -1.89. The molecular weight excluding hydrogens is 178 g/mol. The first-order valence-corrected chi connectivity index (χ1v) is 3.84. The van der Waals surface area contributed by atoms with E-state index in [9.17, 15) is 0 Å². The summed E-state index contributed by atoms with van der Waals surface area (Å²) in [5.74, 6) is 0. The minimum Gasteiger partial charge on any atom is -0.390 e. The molecule has 1 N–H and O–H groups in total. The lowest BCUT2D eigenvalue weighted by molar-refractivity contribution is 0.269. The van der Waals surface area contributed by atoms with Crippen LogP contribution in [0.2, 0.25) is 5.02 Å². The van der Waals surface area contributed by atoms with Crippen LogP contribution < -0.4 is 0 Å². The van der Waals surface area contributed by atoms with Crippen LogP contribution in [0.15, 0.2) is 22.7 Å². The van der Waals surface area contributed by atoms with Crippen molar-refractivity contribution >= 4 is 22.6 Å². The molecule has 4 heteroatoms. The summed E-state index contributed by atoms with van der Waals surface area (Å²) < 4.78 is 4.93. The summed E-state index contributed by atoms with van der Waals surface area (Å²) in [7, 11) is 0. The van der Waals surface area contributed by atoms with Crippen LogP contribution in [0.4, 0.5) is 0 Å². The van der Waals surface area contributed by atoms with E-state index in [1.807, 2.05) is 0 Å². The van der Waals surface area contributed by atoms with E-state index in [1.165, 1.54) is 0 Å². The van der Waals surface area contributed by atoms with Gasteiger partial charge in [-0.1, -0.05) is 16.8 Å². The Morgan fingerprint density at radius 3 is 3.08 bits per heavy atom. The maximum absolute atomic E-state index is 8.84. The second kappa shape index (κ2) is 2.77. The molecule has 1 aromatic heterocycles. The number of fused-ring (bicyclic) bond motifs is 1. The molecule has 0 saturated carbocycles. The summed E-state index contributed by atoms with van der Waals surface area (Å²) in [5, 5.41) is 13.9. The number of hydrogen-bond donors (Lipinski definition) is 1. The summed E-state index contributed by atoms with van der Waals surface area (Å²) >= 11 is 5.72. The van der Waals surface area contributed by atoms with Crippen LogP contribution in [0, 0.1) is 0 Å². The van der Waals surface area contributed by atoms with Crippen molar-refractivity contribution in [1.82, 2.24) is 5.16 Å². The van der Waals surface area contributed by atoms with Gasteiger partial charge in [-0.25, -0.2) is 0 Å². The fraction of sp³-hybridized carbons (Fsp3) is 0.125. The van der Waals surface area contributed by atoms with Gasteiger partial charge in [-0.15, -0.1) is 0 Å². The predicted octanol–water partition coefficient (Wildman–Crippen LogP) is 1.97. The third-order valence-electron chi connectivity index (χ3n) is 1.66. The number of benzene rings is 1. The Kier molecular flexibility index (Phi) is 1.75. The van der Waals surface area contributed by atoms with Crippen molar-refractivity contribution in [2.45, 2.75) is 6.61 Å². The van der Waals surface area contributed by atoms with E-state index < -0.39 is 0 Å². The Balaban J connectivity index is 2.73. The van der Waals surface area contributed by atoms with Gasteiger partial charge in [0.25, 0.3) is 0 Å². The molecule has 3 nitrogen and oxygen atoms in total. The molecule has 2 rings (SSSR count). The summed E-state index contributed by atoms with van der Waals surface area (Å²) in [6.45, 7) is -0.116. The Labute approximate surface area is 73.5 Å². The van der Waals surface area contributed by atoms with Crippen LogP contribution in [0.25, 0.3) is 11.0 Å². The van der Waals surface area contributed by atoms with Crippen LogP contribution in [0.3, 0.4) is 0 Å². The highest BCUT2D eigenvalue weighted by Gasteiger charge is 2.06. The van der Waals surface area contributed by atoms with Gasteiger partial charge in [-0.2, -0.15) is 0 Å². The number of hydrogen-bond acceptors (Lipinski definition) is 3. The van der Waals surface area contributed by atoms with Gasteiger partial charge in [0.05, 0.1) is 6.61 Å². The molecule has 1 aromatic carbocycles. The number of aliphatic hydroxyl groups is 1. The zero-order valence-electron chi connectivity index (χ0n) is 6.12. The maximum Gasteiger partial charge on any atom is 0.168 e. The van der Waals surface area contributed by atoms with Gasteiger partial charge in [0.1, 0.15) is 5.69 Å². The van der Waals surface area contributed by atoms with Gasteiger partial charge >= 0.3 is 0 Å². The molecule has 0 unspecified atom stereocenters. The summed E-state index contributed by atoms with van der Waals surface area (Å²) in [6.07, 6.45) is 0. The van der Waals surface area contributed by atoms with Crippen LogP contribution >= 0.6 is 11.6 Å². The van der Waals surface area contributed by atoms with Crippen molar-refractivity contribution in [3.05, 3.63) is 28.9 Å². The molecule has 12 heavy (non-hydrogen) atoms. The van der Waals surface area contributed by atoms with E-state index in [0.29, 0.717) is 16.3 Å². The molecule has 0 radical (unpaired) electrons. The van der Waals surface area contributed by atoms with Crippen molar-refractivity contribution in [1.29, 1.82) is 0 Å². The summed E-state index contributed by atoms with van der Waals surface area (Å²) in [5.41, 5.74) is 1.15. The van der Waals surface area contributed by atoms with E-state index in [-0.39, 0.29) is 6.61 Å². The van der Waals surface area contributed by atoms with Gasteiger partial charge < -0.3 is 9.63 Å². The molecule has 0 aliphatic rings. The van der Waals surface area contributed by atoms with Crippen molar-refractivity contribution < 1.29 is 9.63 Å². The molecule has 0 amide bonds. The van der Waals surface area contributed by atoms with E-state index >= 15 is 0 Å². The zero-order chi connectivity index (χ0) is 8.55. The van der Waals surface area contributed by atoms with Gasteiger partial charge in [-0.3, -0.25) is 0 Å². The number of rotatable bonds is 1. The Morgan fingerprint density at radius 2 is 2.33 bits per heavy atom. The van der Waals surface area contributed by atoms with Crippen molar-refractivity contribution in [3.63, 3.8) is 0 Å². The SMILES string of the molecule is OCc1noc2cc(Cl)ccc12. The van der Waals surface area contributed by atoms with Crippen molar-refractivity contribution in [3.8, 4) is 0 Å². The minimum atomic E-state index is -0.116. The van der Waals surface area contributed by atoms with Gasteiger partial charge in [0, 0.05) is 16.5 Å². The van der Waals surface area contributed by atoms with Crippen molar-refractivity contribution in [2.24, 2.45) is 0 Å². The summed E-state index contributed by atoms with van der Waals surface area (Å²) in [6, 6.07) is 5.18. The first-order valence-electron chi connectivity index (χ1n) is 3.46. The molecule has 1 heterocycles. The third kappa shape index (κ3) is 1.07. The largest absolute Gasteiger partial charge is 0.390 e. The average molecular weight is 184 g/mol. The molecular formula is C8H6ClNO2. The van der Waals surface area contributed by atoms with Gasteiger partial charge in [-0.05, 0) is 12.1 Å². The lowest BCUT2D eigenvalue weighted by atomic mass is 10.2. The Hall–Kier alpha value is -1.06. The van der Waals surface area contributed by atoms with Crippen molar-refractivity contribution in [2.75, 3.05) is 0 Å². The minimum absolute atomic E-state index is 0.116. The van der Waals surface area contributed by atoms with Crippen LogP contribution in [-0.2, 0) is 6.61 Å². The molecule has 0 spiro atoms. The lowest BCUT2D eigenvalue weighted by Crippen LogP contribution is -1.81. The molecule has 0 atom stereocenters. The highest BCUT2D eigenvalue weighted by atomic mass is 35.5. The fourth-order valence-corrected chi connectivity index (χ4v) is 1.24. The zero-order valence-corrected chi connectivity index (χ0v) is 6.88. The first-order chi connectivity index (χ1) is 5.81. The predicted molar refractivity (Wildman–Crippen MR) is 44.9 cm³/mol. The highest BCUT2D eigenvalue weighted by molar-refractivity contribution is 6.31. The van der Waals surface area contributed by atoms with E-state index in [2.05, 4.69) is 5.16 Å². The standard InChI is InChI=1S/C8H6ClNO2/c9-5-1-2-6-7(4-11)10-12-8(6)3-5/h1-3,11H,4H2. The maximum atomic E-state index is 8.84. The van der Waals surface area contributed by atoms with Crippen LogP contribution in [0.1, 0.15) is 5.69 Å². The Bertz CT molecular complexity index is 410. The topological polar surface area (TPSA) is 46.3 Å². The summed E-state index contributed by atoms with van der Waals surface area (Å²) in [4.78, 5) is 0. The molecule has 0 aliphatic heterocycles. The molecule has 0 bridgehead atoms. The molecule has 62 valence electrons. The van der Waals surface area contributed by atoms with Crippen LogP contribution in [0.5, 0.6) is 0 Å². The van der Waals surface area contributed by atoms with E-state index in [1.54, 1.807) is 18.2 Å². The normalized spacial score (nSPS) is 10.8. The van der Waals surface area contributed by atoms with E-state index in [0.717, 1.165) is 5.39 Å². The first kappa shape index (κ1) is 7.58. The molecule has 0 saturated heterocycles. The highest BCUT2D eigenvalue weighted by Crippen LogP contribution is 2.21. The second-order valence-electron chi connectivity index (χ2n) is 2.43. The molecule has 0 aliphatic carbocycles. The Morgan fingerprint density at radius 1 is 1.50 bits per heavy atom. The molecule has 2 aromatic rings. The number of aromatic nitrogens is 1. The average Bonchev–Trinajstić information content (AvgIpc) is 2.46. The molecule has 0 fully saturated rings. The van der Waals surface area contributed by atoms with Crippen LogP contribution in [-0.4, -0.2) is 10.3 Å². The fourth-order valence-electron chi connectivity index (χ4n) is 1.08. The number of aliphatic hydroxyl groups excluding tert-OH is 1. The number of halogens is 1. The quantitative estimate of drug-likeness (QED) is 0.735. The monoisotopic (exact) mass is 183 g/mol. The van der Waals surface area contributed by atoms with E-state index in [4.69, 9.17) is 21.2 Å². The smallest absolute Gasteiger partial charge is 0.168 e. The third-order valence-corrected chi connectivity index (χ3v) is 1.89. The van der Waals surface area contributed by atoms with Gasteiger partial charge in [0.15, 0.2) is 5.58 Å². The second-order valence-corrected chi connectivity index (χ2v) is 2.86. The van der Waals surface area contributed by atoms with Gasteiger partial charge in [0.2, 0.25) is 0 Å². The number of nitrogens with zero attached hydrogens (tertiary/aromatic N) is 1.